The molecule has 122 valence electrons. The topological polar surface area (TPSA) is 80.0 Å². The first-order valence-corrected chi connectivity index (χ1v) is 8.53. The van der Waals surface area contributed by atoms with Gasteiger partial charge in [-0.05, 0) is 45.2 Å². The first-order valence-electron chi connectivity index (χ1n) is 8.53. The SMILES string of the molecule is Cc1cc(C(=O)NC2CCCC2)c2c(C3CCCN3)noc2n1. The molecule has 6 nitrogen and oxygen atoms in total. The van der Waals surface area contributed by atoms with Crippen LogP contribution in [0.3, 0.4) is 0 Å². The minimum Gasteiger partial charge on any atom is -0.349 e. The Hall–Kier alpha value is -1.95. The Kier molecular flexibility index (Phi) is 3.77. The smallest absolute Gasteiger partial charge is 0.259 e. The predicted octanol–water partition coefficient (Wildman–Crippen LogP) is 2.63. The van der Waals surface area contributed by atoms with Crippen molar-refractivity contribution in [1.29, 1.82) is 0 Å². The van der Waals surface area contributed by atoms with Gasteiger partial charge >= 0.3 is 0 Å². The van der Waals surface area contributed by atoms with E-state index in [1.807, 2.05) is 13.0 Å². The fourth-order valence-electron chi connectivity index (χ4n) is 3.76. The molecule has 1 aliphatic heterocycles. The number of nitrogens with one attached hydrogen (secondary N) is 2. The summed E-state index contributed by atoms with van der Waals surface area (Å²) in [6.45, 7) is 2.85. The van der Waals surface area contributed by atoms with Crippen molar-refractivity contribution < 1.29 is 9.32 Å². The van der Waals surface area contributed by atoms with Crippen molar-refractivity contribution in [3.63, 3.8) is 0 Å². The number of hydrogen-bond acceptors (Lipinski definition) is 5. The Labute approximate surface area is 135 Å². The van der Waals surface area contributed by atoms with Gasteiger partial charge in [0.1, 0.15) is 5.69 Å². The van der Waals surface area contributed by atoms with Gasteiger partial charge in [0.25, 0.3) is 11.6 Å². The van der Waals surface area contributed by atoms with Gasteiger partial charge in [-0.15, -0.1) is 0 Å². The normalized spacial score (nSPS) is 22.0. The van der Waals surface area contributed by atoms with Crippen LogP contribution in [0.25, 0.3) is 11.1 Å². The molecule has 3 heterocycles. The summed E-state index contributed by atoms with van der Waals surface area (Å²) in [5, 5.41) is 11.6. The second-order valence-electron chi connectivity index (χ2n) is 6.66. The molecule has 2 aromatic heterocycles. The summed E-state index contributed by atoms with van der Waals surface area (Å²) in [6.07, 6.45) is 6.65. The third-order valence-corrected chi connectivity index (χ3v) is 4.93. The molecule has 2 aliphatic rings. The molecular weight excluding hydrogens is 292 g/mol. The van der Waals surface area contributed by atoms with Crippen molar-refractivity contribution in [2.24, 2.45) is 0 Å². The zero-order chi connectivity index (χ0) is 15.8. The van der Waals surface area contributed by atoms with Gasteiger partial charge in [0.05, 0.1) is 17.0 Å². The van der Waals surface area contributed by atoms with Crippen molar-refractivity contribution in [2.75, 3.05) is 6.54 Å². The molecule has 6 heteroatoms. The van der Waals surface area contributed by atoms with Crippen LogP contribution in [-0.4, -0.2) is 28.6 Å². The van der Waals surface area contributed by atoms with E-state index in [2.05, 4.69) is 20.8 Å². The maximum absolute atomic E-state index is 12.8. The van der Waals surface area contributed by atoms with Gasteiger partial charge in [-0.1, -0.05) is 18.0 Å². The number of amides is 1. The van der Waals surface area contributed by atoms with Crippen LogP contribution >= 0.6 is 0 Å². The summed E-state index contributed by atoms with van der Waals surface area (Å²) in [5.41, 5.74) is 2.70. The maximum Gasteiger partial charge on any atom is 0.259 e. The molecule has 2 N–H and O–H groups in total. The lowest BCUT2D eigenvalue weighted by Gasteiger charge is -2.13. The molecule has 4 rings (SSSR count). The summed E-state index contributed by atoms with van der Waals surface area (Å²) in [7, 11) is 0. The lowest BCUT2D eigenvalue weighted by atomic mass is 10.0. The van der Waals surface area contributed by atoms with E-state index in [0.29, 0.717) is 17.3 Å². The quantitative estimate of drug-likeness (QED) is 0.910. The lowest BCUT2D eigenvalue weighted by Crippen LogP contribution is -2.33. The molecule has 1 saturated heterocycles. The van der Waals surface area contributed by atoms with Gasteiger partial charge in [0.2, 0.25) is 0 Å². The number of carbonyl (C=O) groups excluding carboxylic acids is 1. The fourth-order valence-corrected chi connectivity index (χ4v) is 3.76. The van der Waals surface area contributed by atoms with Crippen molar-refractivity contribution in [3.05, 3.63) is 23.0 Å². The molecule has 1 atom stereocenters. The second-order valence-corrected chi connectivity index (χ2v) is 6.66. The van der Waals surface area contributed by atoms with Crippen LogP contribution in [0.15, 0.2) is 10.6 Å². The number of hydrogen-bond donors (Lipinski definition) is 2. The van der Waals surface area contributed by atoms with Crippen LogP contribution in [0.1, 0.15) is 66.3 Å². The van der Waals surface area contributed by atoms with Crippen molar-refractivity contribution in [1.82, 2.24) is 20.8 Å². The van der Waals surface area contributed by atoms with Crippen LogP contribution in [0.5, 0.6) is 0 Å². The first-order chi connectivity index (χ1) is 11.2. The number of nitrogens with zero attached hydrogens (tertiary/aromatic N) is 2. The second kappa shape index (κ2) is 5.92. The highest BCUT2D eigenvalue weighted by atomic mass is 16.5. The lowest BCUT2D eigenvalue weighted by molar-refractivity contribution is 0.0939. The van der Waals surface area contributed by atoms with Crippen molar-refractivity contribution in [2.45, 2.75) is 57.5 Å². The highest BCUT2D eigenvalue weighted by Gasteiger charge is 2.28. The van der Waals surface area contributed by atoms with Crippen LogP contribution < -0.4 is 10.6 Å². The average Bonchev–Trinajstić information content (AvgIpc) is 3.26. The molecule has 1 saturated carbocycles. The molecule has 0 bridgehead atoms. The molecule has 1 aliphatic carbocycles. The average molecular weight is 314 g/mol. The third-order valence-electron chi connectivity index (χ3n) is 4.93. The molecular formula is C17H22N4O2. The summed E-state index contributed by atoms with van der Waals surface area (Å²) >= 11 is 0. The van der Waals surface area contributed by atoms with E-state index < -0.39 is 0 Å². The molecule has 2 fully saturated rings. The van der Waals surface area contributed by atoms with E-state index in [1.165, 1.54) is 12.8 Å². The van der Waals surface area contributed by atoms with Gasteiger partial charge in [-0.2, -0.15) is 0 Å². The summed E-state index contributed by atoms with van der Waals surface area (Å²) in [4.78, 5) is 17.2. The van der Waals surface area contributed by atoms with Crippen molar-refractivity contribution >= 4 is 17.0 Å². The van der Waals surface area contributed by atoms with E-state index in [-0.39, 0.29) is 11.9 Å². The number of pyridine rings is 1. The molecule has 1 unspecified atom stereocenters. The van der Waals surface area contributed by atoms with Crippen LogP contribution in [0.2, 0.25) is 0 Å². The molecule has 0 radical (unpaired) electrons. The van der Waals surface area contributed by atoms with Crippen molar-refractivity contribution in [3.8, 4) is 0 Å². The van der Waals surface area contributed by atoms with Gasteiger partial charge in [0, 0.05) is 11.7 Å². The Bertz CT molecular complexity index is 728. The van der Waals surface area contributed by atoms with E-state index in [4.69, 9.17) is 4.52 Å². The Balaban J connectivity index is 1.74. The van der Waals surface area contributed by atoms with Gasteiger partial charge in [0.15, 0.2) is 0 Å². The fraction of sp³-hybridized carbons (Fsp3) is 0.588. The number of rotatable bonds is 3. The Morgan fingerprint density at radius 1 is 1.30 bits per heavy atom. The molecule has 0 aromatic carbocycles. The van der Waals surface area contributed by atoms with Gasteiger partial charge < -0.3 is 15.2 Å². The van der Waals surface area contributed by atoms with E-state index in [9.17, 15) is 4.79 Å². The maximum atomic E-state index is 12.8. The molecule has 0 spiro atoms. The molecule has 1 amide bonds. The Morgan fingerprint density at radius 3 is 2.87 bits per heavy atom. The summed E-state index contributed by atoms with van der Waals surface area (Å²) in [6, 6.07) is 2.29. The predicted molar refractivity (Wildman–Crippen MR) is 86.2 cm³/mol. The minimum atomic E-state index is -0.0325. The van der Waals surface area contributed by atoms with Gasteiger partial charge in [-0.3, -0.25) is 4.79 Å². The van der Waals surface area contributed by atoms with E-state index in [1.54, 1.807) is 0 Å². The molecule has 23 heavy (non-hydrogen) atoms. The zero-order valence-corrected chi connectivity index (χ0v) is 13.4. The number of fused-ring (bicyclic) bond motifs is 1. The zero-order valence-electron chi connectivity index (χ0n) is 13.4. The summed E-state index contributed by atoms with van der Waals surface area (Å²) < 4.78 is 5.42. The highest BCUT2D eigenvalue weighted by Crippen LogP contribution is 2.31. The largest absolute Gasteiger partial charge is 0.349 e. The third kappa shape index (κ3) is 2.72. The molecule has 2 aromatic rings. The number of aryl methyl sites for hydroxylation is 1. The first kappa shape index (κ1) is 14.6. The van der Waals surface area contributed by atoms with E-state index >= 15 is 0 Å². The highest BCUT2D eigenvalue weighted by molar-refractivity contribution is 6.06. The monoisotopic (exact) mass is 314 g/mol. The summed E-state index contributed by atoms with van der Waals surface area (Å²) in [5.74, 6) is -0.0325. The number of aromatic nitrogens is 2. The van der Waals surface area contributed by atoms with E-state index in [0.717, 1.165) is 49.0 Å². The number of carbonyl (C=O) groups is 1. The standard InChI is InChI=1S/C17H22N4O2/c1-10-9-12(16(22)20-11-5-2-3-6-11)14-15(13-7-4-8-18-13)21-23-17(14)19-10/h9,11,13,18H,2-8H2,1H3,(H,20,22). The van der Waals surface area contributed by atoms with Crippen LogP contribution in [0, 0.1) is 6.92 Å². The van der Waals surface area contributed by atoms with Gasteiger partial charge in [-0.25, -0.2) is 4.98 Å². The Morgan fingerprint density at radius 2 is 2.13 bits per heavy atom. The van der Waals surface area contributed by atoms with Crippen LogP contribution in [-0.2, 0) is 0 Å². The van der Waals surface area contributed by atoms with Crippen LogP contribution in [0.4, 0.5) is 0 Å². The minimum absolute atomic E-state index is 0.0325.